The summed E-state index contributed by atoms with van der Waals surface area (Å²) < 4.78 is 0. The Bertz CT molecular complexity index is 464. The van der Waals surface area contributed by atoms with Crippen molar-refractivity contribution in [3.8, 4) is 0 Å². The van der Waals surface area contributed by atoms with Crippen LogP contribution in [-0.2, 0) is 9.59 Å². The first-order valence-corrected chi connectivity index (χ1v) is 6.60. The highest BCUT2D eigenvalue weighted by Gasteiger charge is 2.12. The van der Waals surface area contributed by atoms with Crippen LogP contribution in [0.2, 0.25) is 5.02 Å². The molecule has 2 N–H and O–H groups in total. The van der Waals surface area contributed by atoms with Gasteiger partial charge in [-0.15, -0.1) is 0 Å². The summed E-state index contributed by atoms with van der Waals surface area (Å²) in [5, 5.41) is 11.9. The number of likely N-dealkylation sites (N-methyl/N-ethyl adjacent to an activating group) is 1. The van der Waals surface area contributed by atoms with Crippen molar-refractivity contribution in [3.63, 3.8) is 0 Å². The highest BCUT2D eigenvalue weighted by molar-refractivity contribution is 6.30. The van der Waals surface area contributed by atoms with E-state index < -0.39 is 5.97 Å². The van der Waals surface area contributed by atoms with Gasteiger partial charge >= 0.3 is 5.97 Å². The lowest BCUT2D eigenvalue weighted by atomic mass is 10.2. The number of nitrogens with zero attached hydrogens (tertiary/aromatic N) is 2. The Morgan fingerprint density at radius 2 is 2.20 bits per heavy atom. The number of aliphatic carboxylic acids is 1. The molecule has 0 aliphatic carbocycles. The molecule has 0 aliphatic rings. The standard InChI is InChI=1S/C13H18ClN3O3/c1-9(3-6-13(19)20)16-12(18)8-17(2)11-5-4-10(14)7-15-11/h4-5,7,9H,3,6,8H2,1-2H3,(H,16,18)(H,19,20). The number of anilines is 1. The molecule has 0 radical (unpaired) electrons. The summed E-state index contributed by atoms with van der Waals surface area (Å²) in [6.45, 7) is 1.92. The lowest BCUT2D eigenvalue weighted by Gasteiger charge is -2.19. The Morgan fingerprint density at radius 3 is 2.75 bits per heavy atom. The van der Waals surface area contributed by atoms with Gasteiger partial charge in [0.1, 0.15) is 5.82 Å². The molecule has 0 fully saturated rings. The first kappa shape index (κ1) is 16.2. The fourth-order valence-corrected chi connectivity index (χ4v) is 1.73. The summed E-state index contributed by atoms with van der Waals surface area (Å²) in [5.41, 5.74) is 0. The van der Waals surface area contributed by atoms with E-state index in [2.05, 4.69) is 10.3 Å². The van der Waals surface area contributed by atoms with Crippen LogP contribution in [0.25, 0.3) is 0 Å². The van der Waals surface area contributed by atoms with Crippen LogP contribution in [0.5, 0.6) is 0 Å². The second-order valence-electron chi connectivity index (χ2n) is 4.59. The van der Waals surface area contributed by atoms with E-state index in [0.717, 1.165) is 0 Å². The predicted octanol–water partition coefficient (Wildman–Crippen LogP) is 1.54. The highest BCUT2D eigenvalue weighted by Crippen LogP contribution is 2.12. The van der Waals surface area contributed by atoms with E-state index in [0.29, 0.717) is 17.3 Å². The van der Waals surface area contributed by atoms with Crippen LogP contribution in [-0.4, -0.2) is 41.6 Å². The number of aromatic nitrogens is 1. The number of halogens is 1. The molecule has 0 aliphatic heterocycles. The van der Waals surface area contributed by atoms with Crippen LogP contribution in [0, 0.1) is 0 Å². The molecule has 0 bridgehead atoms. The molecule has 110 valence electrons. The first-order valence-electron chi connectivity index (χ1n) is 6.22. The third kappa shape index (κ3) is 5.88. The van der Waals surface area contributed by atoms with Gasteiger partial charge in [0.05, 0.1) is 11.6 Å². The SMILES string of the molecule is CC(CCC(=O)O)NC(=O)CN(C)c1ccc(Cl)cn1. The van der Waals surface area contributed by atoms with Crippen molar-refractivity contribution >= 4 is 29.3 Å². The number of carbonyl (C=O) groups is 2. The molecule has 6 nitrogen and oxygen atoms in total. The van der Waals surface area contributed by atoms with E-state index in [4.69, 9.17) is 16.7 Å². The van der Waals surface area contributed by atoms with Gasteiger partial charge in [-0.1, -0.05) is 11.6 Å². The molecule has 1 atom stereocenters. The zero-order chi connectivity index (χ0) is 15.1. The molecule has 1 aromatic heterocycles. The summed E-state index contributed by atoms with van der Waals surface area (Å²) >= 11 is 5.74. The molecular formula is C13H18ClN3O3. The fourth-order valence-electron chi connectivity index (χ4n) is 1.62. The van der Waals surface area contributed by atoms with Crippen molar-refractivity contribution in [1.82, 2.24) is 10.3 Å². The Balaban J connectivity index is 2.41. The van der Waals surface area contributed by atoms with Crippen molar-refractivity contribution in [1.29, 1.82) is 0 Å². The van der Waals surface area contributed by atoms with E-state index in [1.54, 1.807) is 31.0 Å². The number of carboxylic acids is 1. The lowest BCUT2D eigenvalue weighted by Crippen LogP contribution is -2.40. The highest BCUT2D eigenvalue weighted by atomic mass is 35.5. The fraction of sp³-hybridized carbons (Fsp3) is 0.462. The molecular weight excluding hydrogens is 282 g/mol. The second-order valence-corrected chi connectivity index (χ2v) is 5.03. The molecule has 1 amide bonds. The van der Waals surface area contributed by atoms with Gasteiger partial charge in [-0.25, -0.2) is 4.98 Å². The van der Waals surface area contributed by atoms with Gasteiger partial charge in [0.25, 0.3) is 0 Å². The van der Waals surface area contributed by atoms with Crippen molar-refractivity contribution in [2.75, 3.05) is 18.5 Å². The number of carbonyl (C=O) groups excluding carboxylic acids is 1. The Hall–Kier alpha value is -1.82. The van der Waals surface area contributed by atoms with Crippen molar-refractivity contribution < 1.29 is 14.7 Å². The number of hydrogen-bond acceptors (Lipinski definition) is 4. The number of hydrogen-bond donors (Lipinski definition) is 2. The van der Waals surface area contributed by atoms with Gasteiger partial charge in [0, 0.05) is 25.7 Å². The zero-order valence-corrected chi connectivity index (χ0v) is 12.2. The van der Waals surface area contributed by atoms with Gasteiger partial charge in [-0.2, -0.15) is 0 Å². The molecule has 0 saturated carbocycles. The van der Waals surface area contributed by atoms with Gasteiger partial charge < -0.3 is 15.3 Å². The molecule has 1 aromatic rings. The van der Waals surface area contributed by atoms with Crippen LogP contribution in [0.3, 0.4) is 0 Å². The smallest absolute Gasteiger partial charge is 0.303 e. The van der Waals surface area contributed by atoms with Gasteiger partial charge in [-0.3, -0.25) is 9.59 Å². The van der Waals surface area contributed by atoms with E-state index >= 15 is 0 Å². The van der Waals surface area contributed by atoms with Crippen LogP contribution in [0.15, 0.2) is 18.3 Å². The zero-order valence-electron chi connectivity index (χ0n) is 11.5. The Kier molecular flexibility index (Phi) is 6.24. The van der Waals surface area contributed by atoms with Crippen LogP contribution < -0.4 is 10.2 Å². The Morgan fingerprint density at radius 1 is 1.50 bits per heavy atom. The minimum absolute atomic E-state index is 0.0377. The van der Waals surface area contributed by atoms with Crippen LogP contribution >= 0.6 is 11.6 Å². The molecule has 0 saturated heterocycles. The van der Waals surface area contributed by atoms with Crippen molar-refractivity contribution in [2.45, 2.75) is 25.8 Å². The number of carboxylic acid groups (broad SMARTS) is 1. The molecule has 20 heavy (non-hydrogen) atoms. The average molecular weight is 300 g/mol. The second kappa shape index (κ2) is 7.69. The topological polar surface area (TPSA) is 82.5 Å². The lowest BCUT2D eigenvalue weighted by molar-refractivity contribution is -0.137. The normalized spacial score (nSPS) is 11.8. The number of rotatable bonds is 7. The Labute approximate surface area is 122 Å². The maximum Gasteiger partial charge on any atom is 0.303 e. The van der Waals surface area contributed by atoms with E-state index in [9.17, 15) is 9.59 Å². The maximum absolute atomic E-state index is 11.8. The summed E-state index contributed by atoms with van der Waals surface area (Å²) in [7, 11) is 1.75. The largest absolute Gasteiger partial charge is 0.481 e. The van der Waals surface area contributed by atoms with Gasteiger partial charge in [-0.05, 0) is 25.5 Å². The molecule has 0 aromatic carbocycles. The minimum Gasteiger partial charge on any atom is -0.481 e. The first-order chi connectivity index (χ1) is 9.38. The minimum atomic E-state index is -0.867. The van der Waals surface area contributed by atoms with E-state index in [1.165, 1.54) is 6.20 Å². The van der Waals surface area contributed by atoms with Crippen molar-refractivity contribution in [2.24, 2.45) is 0 Å². The van der Waals surface area contributed by atoms with Crippen molar-refractivity contribution in [3.05, 3.63) is 23.4 Å². The third-order valence-electron chi connectivity index (χ3n) is 2.68. The van der Waals surface area contributed by atoms with Gasteiger partial charge in [0.2, 0.25) is 5.91 Å². The average Bonchev–Trinajstić information content (AvgIpc) is 2.36. The predicted molar refractivity (Wildman–Crippen MR) is 77.0 cm³/mol. The van der Waals surface area contributed by atoms with Crippen LogP contribution in [0.1, 0.15) is 19.8 Å². The van der Waals surface area contributed by atoms with Crippen LogP contribution in [0.4, 0.5) is 5.82 Å². The summed E-state index contributed by atoms with van der Waals surface area (Å²) in [6, 6.07) is 3.25. The molecule has 7 heteroatoms. The molecule has 1 heterocycles. The monoisotopic (exact) mass is 299 g/mol. The molecule has 1 unspecified atom stereocenters. The quantitative estimate of drug-likeness (QED) is 0.798. The summed E-state index contributed by atoms with van der Waals surface area (Å²) in [4.78, 5) is 28.0. The number of pyridine rings is 1. The number of nitrogens with one attached hydrogen (secondary N) is 1. The number of amides is 1. The summed E-state index contributed by atoms with van der Waals surface area (Å²) in [6.07, 6.45) is 1.96. The third-order valence-corrected chi connectivity index (χ3v) is 2.91. The maximum atomic E-state index is 11.8. The van der Waals surface area contributed by atoms with Gasteiger partial charge in [0.15, 0.2) is 0 Å². The van der Waals surface area contributed by atoms with E-state index in [1.807, 2.05) is 0 Å². The molecule has 0 spiro atoms. The summed E-state index contributed by atoms with van der Waals surface area (Å²) in [5.74, 6) is -0.404. The molecule has 1 rings (SSSR count). The van der Waals surface area contributed by atoms with E-state index in [-0.39, 0.29) is 24.9 Å².